The Hall–Kier alpha value is -5.47. The van der Waals surface area contributed by atoms with Crippen LogP contribution in [0.5, 0.6) is 35.0 Å². The van der Waals surface area contributed by atoms with Crippen molar-refractivity contribution in [3.63, 3.8) is 0 Å². The van der Waals surface area contributed by atoms with Crippen LogP contribution in [0, 0.1) is 0 Å². The Morgan fingerprint density at radius 2 is 0.729 bits per heavy atom. The summed E-state index contributed by atoms with van der Waals surface area (Å²) < 4.78 is 55.0. The molecule has 2 aliphatic heterocycles. The van der Waals surface area contributed by atoms with E-state index < -0.39 is 23.0 Å². The molecule has 0 unspecified atom stereocenters. The normalized spacial score (nSPS) is 16.0. The highest BCUT2D eigenvalue weighted by Crippen LogP contribution is 2.79. The third-order valence-corrected chi connectivity index (χ3v) is 14.6. The van der Waals surface area contributed by atoms with Gasteiger partial charge in [0.1, 0.15) is 11.5 Å². The molecule has 0 amide bonds. The van der Waals surface area contributed by atoms with Gasteiger partial charge in [0, 0.05) is 60.2 Å². The summed E-state index contributed by atoms with van der Waals surface area (Å²) in [5, 5.41) is 0. The van der Waals surface area contributed by atoms with Gasteiger partial charge >= 0.3 is 23.0 Å². The number of rotatable bonds is 8. The van der Waals surface area contributed by atoms with Crippen molar-refractivity contribution in [2.45, 2.75) is 0 Å². The van der Waals surface area contributed by atoms with E-state index in [4.69, 9.17) is 40.7 Å². The highest BCUT2D eigenvalue weighted by molar-refractivity contribution is 7.79. The van der Waals surface area contributed by atoms with Gasteiger partial charge in [-0.25, -0.2) is 19.9 Å². The van der Waals surface area contributed by atoms with Crippen LogP contribution >= 0.6 is 23.0 Å². The Balaban J connectivity index is 1.45. The molecule has 0 aliphatic carbocycles. The van der Waals surface area contributed by atoms with Gasteiger partial charge < -0.3 is 27.1 Å². The van der Waals surface area contributed by atoms with Crippen LogP contribution < -0.4 is 27.1 Å². The lowest BCUT2D eigenvalue weighted by molar-refractivity contribution is 0.431. The van der Waals surface area contributed by atoms with E-state index in [2.05, 4.69) is 19.9 Å². The molecule has 8 rings (SSSR count). The fourth-order valence-corrected chi connectivity index (χ4v) is 13.6. The molecule has 48 heavy (non-hydrogen) atoms. The molecule has 2 aliphatic rings. The zero-order valence-electron chi connectivity index (χ0n) is 24.8. The van der Waals surface area contributed by atoms with E-state index in [-0.39, 0.29) is 23.5 Å². The summed E-state index contributed by atoms with van der Waals surface area (Å²) in [6, 6.07) is 35.8. The summed E-state index contributed by atoms with van der Waals surface area (Å²) in [4.78, 5) is 17.6. The van der Waals surface area contributed by atoms with Crippen molar-refractivity contribution in [3.8, 4) is 46.1 Å². The SMILES string of the molecule is c1ccc(OP2(Oc3ccccn3)=NP(Oc3ccccn3)(Oc3ccccn3)=NP3(=N2)Oc2ccccc2-c2ccccc2O3)nc1. The van der Waals surface area contributed by atoms with Gasteiger partial charge in [0.2, 0.25) is 23.5 Å². The molecule has 6 heterocycles. The first kappa shape index (κ1) is 29.9. The van der Waals surface area contributed by atoms with Crippen LogP contribution in [0.3, 0.4) is 0 Å². The number of benzene rings is 2. The fraction of sp³-hybridized carbons (Fsp3) is 0. The molecular weight excluding hydrogens is 671 g/mol. The molecule has 0 bridgehead atoms. The third-order valence-electron chi connectivity index (χ3n) is 6.58. The predicted octanol–water partition coefficient (Wildman–Crippen LogP) is 9.87. The van der Waals surface area contributed by atoms with E-state index in [9.17, 15) is 0 Å². The lowest BCUT2D eigenvalue weighted by Crippen LogP contribution is -2.11. The molecule has 16 heteroatoms. The quantitative estimate of drug-likeness (QED) is 0.141. The van der Waals surface area contributed by atoms with Gasteiger partial charge in [-0.05, 0) is 36.4 Å². The zero-order chi connectivity index (χ0) is 32.3. The molecule has 238 valence electrons. The average molecular weight is 696 g/mol. The minimum Gasteiger partial charge on any atom is -0.413 e. The van der Waals surface area contributed by atoms with Gasteiger partial charge in [0.15, 0.2) is 0 Å². The number of pyridine rings is 4. The summed E-state index contributed by atoms with van der Waals surface area (Å²) in [6.45, 7) is 0. The first-order valence-corrected chi connectivity index (χ1v) is 19.1. The van der Waals surface area contributed by atoms with Crippen LogP contribution in [0.25, 0.3) is 11.1 Å². The zero-order valence-corrected chi connectivity index (χ0v) is 27.5. The molecule has 6 aromatic rings. The summed E-state index contributed by atoms with van der Waals surface area (Å²) >= 11 is 0. The predicted molar refractivity (Wildman–Crippen MR) is 181 cm³/mol. The van der Waals surface area contributed by atoms with Gasteiger partial charge in [-0.2, -0.15) is 0 Å². The Morgan fingerprint density at radius 3 is 1.10 bits per heavy atom. The van der Waals surface area contributed by atoms with Crippen LogP contribution in [-0.4, -0.2) is 19.9 Å². The molecule has 0 radical (unpaired) electrons. The first-order valence-electron chi connectivity index (χ1n) is 14.5. The monoisotopic (exact) mass is 695 g/mol. The van der Waals surface area contributed by atoms with Crippen LogP contribution in [-0.2, 0) is 0 Å². The summed E-state index contributed by atoms with van der Waals surface area (Å²) in [7, 11) is -12.0. The average Bonchev–Trinajstić information content (AvgIpc) is 3.23. The highest BCUT2D eigenvalue weighted by atomic mass is 31.3. The Labute approximate surface area is 275 Å². The first-order chi connectivity index (χ1) is 23.6. The van der Waals surface area contributed by atoms with Crippen molar-refractivity contribution >= 4 is 23.0 Å². The van der Waals surface area contributed by atoms with Crippen molar-refractivity contribution in [2.24, 2.45) is 13.5 Å². The van der Waals surface area contributed by atoms with Gasteiger partial charge in [-0.3, -0.25) is 0 Å². The maximum atomic E-state index is 6.78. The van der Waals surface area contributed by atoms with E-state index >= 15 is 0 Å². The molecule has 0 atom stereocenters. The smallest absolute Gasteiger partial charge is 0.413 e. The number of hydrogen-bond donors (Lipinski definition) is 0. The van der Waals surface area contributed by atoms with E-state index in [0.717, 1.165) is 11.1 Å². The van der Waals surface area contributed by atoms with Gasteiger partial charge in [0.25, 0.3) is 0 Å². The second kappa shape index (κ2) is 12.6. The minimum atomic E-state index is -4.03. The Morgan fingerprint density at radius 1 is 0.375 bits per heavy atom. The second-order valence-corrected chi connectivity index (χ2v) is 16.1. The van der Waals surface area contributed by atoms with E-state index in [1.54, 1.807) is 97.6 Å². The van der Waals surface area contributed by atoms with Crippen molar-refractivity contribution < 1.29 is 27.1 Å². The highest BCUT2D eigenvalue weighted by Gasteiger charge is 2.50. The largest absolute Gasteiger partial charge is 0.463 e. The molecule has 0 saturated heterocycles. The molecular formula is C32H24N7O6P3. The summed E-state index contributed by atoms with van der Waals surface area (Å²) in [6.07, 6.45) is 6.31. The van der Waals surface area contributed by atoms with Crippen LogP contribution in [0.4, 0.5) is 0 Å². The lowest BCUT2D eigenvalue weighted by Gasteiger charge is -2.31. The fourth-order valence-electron chi connectivity index (χ4n) is 4.64. The van der Waals surface area contributed by atoms with Gasteiger partial charge in [-0.1, -0.05) is 74.2 Å². The Bertz CT molecular complexity index is 1970. The van der Waals surface area contributed by atoms with Gasteiger partial charge in [0.05, 0.1) is 0 Å². The number of hydrogen-bond acceptors (Lipinski definition) is 13. The van der Waals surface area contributed by atoms with Crippen LogP contribution in [0.2, 0.25) is 0 Å². The van der Waals surface area contributed by atoms with Crippen molar-refractivity contribution in [1.82, 2.24) is 19.9 Å². The second-order valence-electron chi connectivity index (χ2n) is 9.95. The topological polar surface area (TPSA) is 144 Å². The number of nitrogens with zero attached hydrogens (tertiary/aromatic N) is 7. The maximum absolute atomic E-state index is 6.78. The molecule has 13 nitrogen and oxygen atoms in total. The number of aromatic nitrogens is 4. The van der Waals surface area contributed by atoms with Crippen LogP contribution in [0.15, 0.2) is 160 Å². The molecule has 0 N–H and O–H groups in total. The molecule has 1 spiro atoms. The van der Waals surface area contributed by atoms with Gasteiger partial charge in [-0.15, -0.1) is 0 Å². The molecule has 2 aromatic carbocycles. The molecule has 0 fully saturated rings. The van der Waals surface area contributed by atoms with Crippen molar-refractivity contribution in [1.29, 1.82) is 0 Å². The Kier molecular flexibility index (Phi) is 7.86. The third kappa shape index (κ3) is 6.27. The van der Waals surface area contributed by atoms with Crippen molar-refractivity contribution in [2.75, 3.05) is 0 Å². The minimum absolute atomic E-state index is 0.165. The summed E-state index contributed by atoms with van der Waals surface area (Å²) in [5.41, 5.74) is 1.55. The standard InChI is InChI=1S/C32H24N7O6P3/c1-3-15-27-25(13-1)26-14-2-4-16-28(26)41-46(40-27)37-47(42-29-17-5-9-21-33-29,43-30-18-6-10-22-34-30)39-48(38-46,44-31-19-7-11-23-35-31)45-32-20-8-12-24-36-32/h1-24H. The maximum Gasteiger partial charge on any atom is 0.463 e. The molecule has 0 saturated carbocycles. The summed E-state index contributed by atoms with van der Waals surface area (Å²) in [5.74, 6) is 1.59. The van der Waals surface area contributed by atoms with Crippen LogP contribution in [0.1, 0.15) is 0 Å². The van der Waals surface area contributed by atoms with E-state index in [1.807, 2.05) is 48.5 Å². The number of para-hydroxylation sites is 2. The van der Waals surface area contributed by atoms with Crippen molar-refractivity contribution in [3.05, 3.63) is 146 Å². The van der Waals surface area contributed by atoms with E-state index in [1.165, 1.54) is 0 Å². The van der Waals surface area contributed by atoms with E-state index in [0.29, 0.717) is 11.5 Å². The lowest BCUT2D eigenvalue weighted by atomic mass is 10.0. The number of fused-ring (bicyclic) bond motifs is 3. The molecule has 4 aromatic heterocycles.